The van der Waals surface area contributed by atoms with E-state index in [2.05, 4.69) is 17.4 Å². The molecule has 0 radical (unpaired) electrons. The lowest BCUT2D eigenvalue weighted by atomic mass is 9.74. The number of nitrogens with zero attached hydrogens (tertiary/aromatic N) is 1. The second kappa shape index (κ2) is 12.4. The molecule has 1 N–H and O–H groups in total. The Morgan fingerprint density at radius 3 is 1.95 bits per heavy atom. The number of anilines is 1. The van der Waals surface area contributed by atoms with E-state index in [0.29, 0.717) is 36.9 Å². The zero-order chi connectivity index (χ0) is 27.8. The van der Waals surface area contributed by atoms with E-state index in [1.807, 2.05) is 48.5 Å². The van der Waals surface area contributed by atoms with Gasteiger partial charge < -0.3 is 14.8 Å². The molecule has 0 bridgehead atoms. The van der Waals surface area contributed by atoms with Gasteiger partial charge in [-0.3, -0.25) is 9.10 Å². The van der Waals surface area contributed by atoms with Crippen LogP contribution < -0.4 is 14.4 Å². The predicted octanol–water partition coefficient (Wildman–Crippen LogP) is 5.54. The number of ether oxygens (including phenoxy) is 2. The summed E-state index contributed by atoms with van der Waals surface area (Å²) in [5.41, 5.74) is 1.24. The molecule has 0 aliphatic carbocycles. The summed E-state index contributed by atoms with van der Waals surface area (Å²) in [6.07, 6.45) is 1.54. The standard InChI is InChI=1S/C32H32N2O5S/c35-31(33-25-32(20-22-38-23-21-32)26-10-4-1-5-11-26)24-34(40(36,37)30-14-8-3-9-15-30)27-16-18-29(19-17-27)39-28-12-6-2-7-13-28/h1-19H,20-25H2,(H,33,35). The molecule has 0 unspecified atom stereocenters. The number of hydrogen-bond acceptors (Lipinski definition) is 5. The van der Waals surface area contributed by atoms with Gasteiger partial charge in [-0.1, -0.05) is 66.7 Å². The van der Waals surface area contributed by atoms with Crippen molar-refractivity contribution in [1.29, 1.82) is 0 Å². The molecule has 0 aromatic heterocycles. The second-order valence-electron chi connectivity index (χ2n) is 9.77. The molecule has 1 aliphatic rings. The van der Waals surface area contributed by atoms with Crippen molar-refractivity contribution in [1.82, 2.24) is 5.32 Å². The molecule has 8 heteroatoms. The van der Waals surface area contributed by atoms with Crippen LogP contribution in [-0.4, -0.2) is 40.6 Å². The first-order valence-electron chi connectivity index (χ1n) is 13.3. The molecular weight excluding hydrogens is 524 g/mol. The molecule has 1 saturated heterocycles. The largest absolute Gasteiger partial charge is 0.457 e. The first-order chi connectivity index (χ1) is 19.5. The summed E-state index contributed by atoms with van der Waals surface area (Å²) < 4.78 is 40.1. The van der Waals surface area contributed by atoms with Crippen LogP contribution in [0.4, 0.5) is 5.69 Å². The Morgan fingerprint density at radius 2 is 1.32 bits per heavy atom. The molecule has 1 heterocycles. The van der Waals surface area contributed by atoms with E-state index >= 15 is 0 Å². The summed E-state index contributed by atoms with van der Waals surface area (Å²) in [7, 11) is -4.02. The summed E-state index contributed by atoms with van der Waals surface area (Å²) in [5, 5.41) is 3.03. The Morgan fingerprint density at radius 1 is 0.775 bits per heavy atom. The Bertz CT molecular complexity index is 1490. The molecule has 5 rings (SSSR count). The first kappa shape index (κ1) is 27.4. The highest BCUT2D eigenvalue weighted by Gasteiger charge is 2.35. The third-order valence-corrected chi connectivity index (χ3v) is 8.97. The Balaban J connectivity index is 1.37. The highest BCUT2D eigenvalue weighted by atomic mass is 32.2. The molecule has 40 heavy (non-hydrogen) atoms. The molecule has 4 aromatic rings. The number of carbonyl (C=O) groups excluding carboxylic acids is 1. The summed E-state index contributed by atoms with van der Waals surface area (Å²) in [4.78, 5) is 13.5. The molecule has 1 aliphatic heterocycles. The molecule has 1 amide bonds. The number of nitrogens with one attached hydrogen (secondary N) is 1. The number of benzene rings is 4. The van der Waals surface area contributed by atoms with Gasteiger partial charge in [0.25, 0.3) is 10.0 Å². The van der Waals surface area contributed by atoms with Crippen molar-refractivity contribution < 1.29 is 22.7 Å². The van der Waals surface area contributed by atoms with Crippen molar-refractivity contribution in [3.8, 4) is 11.5 Å². The monoisotopic (exact) mass is 556 g/mol. The minimum Gasteiger partial charge on any atom is -0.457 e. The summed E-state index contributed by atoms with van der Waals surface area (Å²) >= 11 is 0. The van der Waals surface area contributed by atoms with E-state index in [4.69, 9.17) is 9.47 Å². The maximum absolute atomic E-state index is 13.7. The van der Waals surface area contributed by atoms with Crippen LogP contribution in [0.1, 0.15) is 18.4 Å². The lowest BCUT2D eigenvalue weighted by Crippen LogP contribution is -2.48. The van der Waals surface area contributed by atoms with Gasteiger partial charge in [0.2, 0.25) is 5.91 Å². The van der Waals surface area contributed by atoms with Gasteiger partial charge in [0.15, 0.2) is 0 Å². The molecule has 0 atom stereocenters. The summed E-state index contributed by atoms with van der Waals surface area (Å²) in [5.74, 6) is 0.843. The highest BCUT2D eigenvalue weighted by Crippen LogP contribution is 2.34. The van der Waals surface area contributed by atoms with Crippen molar-refractivity contribution in [2.45, 2.75) is 23.2 Å². The maximum Gasteiger partial charge on any atom is 0.264 e. The van der Waals surface area contributed by atoms with Gasteiger partial charge in [0, 0.05) is 25.2 Å². The summed E-state index contributed by atoms with van der Waals surface area (Å²) in [6.45, 7) is 1.24. The van der Waals surface area contributed by atoms with E-state index in [-0.39, 0.29) is 22.8 Å². The van der Waals surface area contributed by atoms with Crippen LogP contribution in [0.15, 0.2) is 120 Å². The average Bonchev–Trinajstić information content (AvgIpc) is 3.01. The third-order valence-electron chi connectivity index (χ3n) is 7.18. The van der Waals surface area contributed by atoms with Gasteiger partial charge in [0.05, 0.1) is 10.6 Å². The Hall–Kier alpha value is -4.14. The van der Waals surface area contributed by atoms with Crippen LogP contribution >= 0.6 is 0 Å². The van der Waals surface area contributed by atoms with Crippen LogP contribution in [-0.2, 0) is 25.0 Å². The fraction of sp³-hybridized carbons (Fsp3) is 0.219. The molecule has 206 valence electrons. The Kier molecular flexibility index (Phi) is 8.48. The number of hydrogen-bond donors (Lipinski definition) is 1. The van der Waals surface area contributed by atoms with Crippen LogP contribution in [0, 0.1) is 0 Å². The van der Waals surface area contributed by atoms with E-state index < -0.39 is 10.0 Å². The minimum atomic E-state index is -4.02. The molecule has 4 aromatic carbocycles. The van der Waals surface area contributed by atoms with Gasteiger partial charge in [-0.2, -0.15) is 0 Å². The zero-order valence-corrected chi connectivity index (χ0v) is 22.9. The van der Waals surface area contributed by atoms with E-state index in [1.165, 1.54) is 12.1 Å². The lowest BCUT2D eigenvalue weighted by molar-refractivity contribution is -0.120. The van der Waals surface area contributed by atoms with Gasteiger partial charge in [-0.15, -0.1) is 0 Å². The lowest BCUT2D eigenvalue weighted by Gasteiger charge is -2.38. The minimum absolute atomic E-state index is 0.109. The molecule has 7 nitrogen and oxygen atoms in total. The number of sulfonamides is 1. The Labute approximate surface area is 235 Å². The maximum atomic E-state index is 13.7. The average molecular weight is 557 g/mol. The van der Waals surface area contributed by atoms with E-state index in [0.717, 1.165) is 22.7 Å². The normalized spacial score (nSPS) is 14.7. The quantitative estimate of drug-likeness (QED) is 0.277. The van der Waals surface area contributed by atoms with Crippen molar-refractivity contribution >= 4 is 21.6 Å². The fourth-order valence-corrected chi connectivity index (χ4v) is 6.36. The smallest absolute Gasteiger partial charge is 0.264 e. The van der Waals surface area contributed by atoms with Gasteiger partial charge in [-0.05, 0) is 66.9 Å². The molecular formula is C32H32N2O5S. The van der Waals surface area contributed by atoms with Crippen LogP contribution in [0.5, 0.6) is 11.5 Å². The number of amides is 1. The van der Waals surface area contributed by atoms with E-state index in [9.17, 15) is 13.2 Å². The number of carbonyl (C=O) groups is 1. The predicted molar refractivity (Wildman–Crippen MR) is 155 cm³/mol. The molecule has 0 spiro atoms. The van der Waals surface area contributed by atoms with Crippen molar-refractivity contribution in [3.63, 3.8) is 0 Å². The van der Waals surface area contributed by atoms with Crippen molar-refractivity contribution in [2.24, 2.45) is 0 Å². The highest BCUT2D eigenvalue weighted by molar-refractivity contribution is 7.92. The molecule has 1 fully saturated rings. The second-order valence-corrected chi connectivity index (χ2v) is 11.6. The van der Waals surface area contributed by atoms with Gasteiger partial charge in [0.1, 0.15) is 18.0 Å². The number of rotatable bonds is 10. The third kappa shape index (κ3) is 6.35. The van der Waals surface area contributed by atoms with Crippen molar-refractivity contribution in [2.75, 3.05) is 30.6 Å². The van der Waals surface area contributed by atoms with Crippen LogP contribution in [0.25, 0.3) is 0 Å². The van der Waals surface area contributed by atoms with E-state index in [1.54, 1.807) is 42.5 Å². The van der Waals surface area contributed by atoms with Crippen molar-refractivity contribution in [3.05, 3.63) is 121 Å². The summed E-state index contributed by atoms with van der Waals surface area (Å²) in [6, 6.07) is 34.2. The SMILES string of the molecule is O=C(CN(c1ccc(Oc2ccccc2)cc1)S(=O)(=O)c1ccccc1)NCC1(c2ccccc2)CCOCC1. The van der Waals surface area contributed by atoms with Crippen LogP contribution in [0.3, 0.4) is 0 Å². The van der Waals surface area contributed by atoms with Crippen LogP contribution in [0.2, 0.25) is 0 Å². The molecule has 0 saturated carbocycles. The first-order valence-corrected chi connectivity index (χ1v) is 14.7. The van der Waals surface area contributed by atoms with Gasteiger partial charge >= 0.3 is 0 Å². The number of para-hydroxylation sites is 1. The van der Waals surface area contributed by atoms with Gasteiger partial charge in [-0.25, -0.2) is 8.42 Å². The topological polar surface area (TPSA) is 84.9 Å². The zero-order valence-electron chi connectivity index (χ0n) is 22.1. The fourth-order valence-electron chi connectivity index (χ4n) is 4.92.